The van der Waals surface area contributed by atoms with Crippen molar-refractivity contribution < 1.29 is 4.79 Å². The van der Waals surface area contributed by atoms with Gasteiger partial charge in [-0.05, 0) is 12.3 Å². The summed E-state index contributed by atoms with van der Waals surface area (Å²) in [6, 6.07) is 0. The lowest BCUT2D eigenvalue weighted by molar-refractivity contribution is -0.121. The van der Waals surface area contributed by atoms with Gasteiger partial charge < -0.3 is 0 Å². The third-order valence-corrected chi connectivity index (χ3v) is 2.23. The summed E-state index contributed by atoms with van der Waals surface area (Å²) in [5.41, 5.74) is 0. The van der Waals surface area contributed by atoms with E-state index in [1.165, 1.54) is 0 Å². The minimum atomic E-state index is 0.209. The van der Waals surface area contributed by atoms with Crippen molar-refractivity contribution in [2.24, 2.45) is 11.8 Å². The first-order chi connectivity index (χ1) is 4.74. The van der Waals surface area contributed by atoms with E-state index in [0.717, 1.165) is 12.8 Å². The number of ketones is 1. The fraction of sp³-hybridized carbons (Fsp3) is 0.667. The van der Waals surface area contributed by atoms with Crippen molar-refractivity contribution in [1.29, 1.82) is 0 Å². The number of Topliss-reactive ketones (excluding diaryl/α,β-unsaturated/α-hetero) is 1. The second kappa shape index (κ2) is 2.88. The lowest BCUT2D eigenvalue weighted by Crippen LogP contribution is -2.21. The predicted molar refractivity (Wildman–Crippen MR) is 40.3 cm³/mol. The molecule has 1 rings (SSSR count). The van der Waals surface area contributed by atoms with E-state index in [1.807, 2.05) is 0 Å². The fourth-order valence-electron chi connectivity index (χ4n) is 1.36. The third kappa shape index (κ3) is 1.39. The number of carbonyl (C=O) groups is 1. The zero-order valence-electron chi connectivity index (χ0n) is 6.26. The van der Waals surface area contributed by atoms with Crippen LogP contribution in [0.5, 0.6) is 0 Å². The summed E-state index contributed by atoms with van der Waals surface area (Å²) < 4.78 is 0. The Balaban J connectivity index is 2.56. The van der Waals surface area contributed by atoms with E-state index >= 15 is 0 Å². The average Bonchev–Trinajstić information content (AvgIpc) is 1.94. The van der Waals surface area contributed by atoms with Gasteiger partial charge in [-0.15, -0.1) is 12.3 Å². The Kier molecular flexibility index (Phi) is 2.11. The summed E-state index contributed by atoms with van der Waals surface area (Å²) in [4.78, 5) is 10.9. The van der Waals surface area contributed by atoms with Gasteiger partial charge in [0.25, 0.3) is 0 Å². The molecule has 0 aromatic carbocycles. The molecular formula is C9H12O. The predicted octanol–water partition coefficient (Wildman–Crippen LogP) is 1.62. The van der Waals surface area contributed by atoms with Gasteiger partial charge in [-0.2, -0.15) is 0 Å². The molecule has 10 heavy (non-hydrogen) atoms. The van der Waals surface area contributed by atoms with E-state index in [0.29, 0.717) is 18.1 Å². The highest BCUT2D eigenvalue weighted by molar-refractivity contribution is 5.79. The first-order valence-electron chi connectivity index (χ1n) is 3.72. The highest BCUT2D eigenvalue weighted by atomic mass is 16.1. The van der Waals surface area contributed by atoms with Crippen LogP contribution in [0.1, 0.15) is 26.2 Å². The maximum absolute atomic E-state index is 10.9. The molecule has 0 saturated heterocycles. The minimum Gasteiger partial charge on any atom is -0.300 e. The second-order valence-electron chi connectivity index (χ2n) is 3.03. The van der Waals surface area contributed by atoms with Crippen LogP contribution in [-0.2, 0) is 4.79 Å². The molecule has 0 N–H and O–H groups in total. The molecule has 0 amide bonds. The molecular weight excluding hydrogens is 124 g/mol. The van der Waals surface area contributed by atoms with Gasteiger partial charge in [0, 0.05) is 18.8 Å². The van der Waals surface area contributed by atoms with Crippen LogP contribution in [0.3, 0.4) is 0 Å². The van der Waals surface area contributed by atoms with Crippen LogP contribution in [-0.4, -0.2) is 5.78 Å². The summed E-state index contributed by atoms with van der Waals surface area (Å²) >= 11 is 0. The van der Waals surface area contributed by atoms with Crippen molar-refractivity contribution in [3.63, 3.8) is 0 Å². The Morgan fingerprint density at radius 3 is 2.90 bits per heavy atom. The zero-order chi connectivity index (χ0) is 7.56. The van der Waals surface area contributed by atoms with Gasteiger partial charge in [-0.25, -0.2) is 0 Å². The normalized spacial score (nSPS) is 33.4. The molecule has 54 valence electrons. The number of hydrogen-bond acceptors (Lipinski definition) is 1. The van der Waals surface area contributed by atoms with E-state index in [-0.39, 0.29) is 5.92 Å². The van der Waals surface area contributed by atoms with Gasteiger partial charge >= 0.3 is 0 Å². The van der Waals surface area contributed by atoms with Gasteiger partial charge in [-0.1, -0.05) is 6.92 Å². The number of hydrogen-bond donors (Lipinski definition) is 0. The average molecular weight is 136 g/mol. The van der Waals surface area contributed by atoms with E-state index in [9.17, 15) is 4.79 Å². The topological polar surface area (TPSA) is 17.1 Å². The molecule has 1 aliphatic carbocycles. The quantitative estimate of drug-likeness (QED) is 0.462. The Morgan fingerprint density at radius 1 is 1.70 bits per heavy atom. The van der Waals surface area contributed by atoms with Crippen LogP contribution >= 0.6 is 0 Å². The monoisotopic (exact) mass is 136 g/mol. The Labute approximate surface area is 61.8 Å². The second-order valence-corrected chi connectivity index (χ2v) is 3.03. The van der Waals surface area contributed by atoms with Gasteiger partial charge in [0.2, 0.25) is 0 Å². The number of carbonyl (C=O) groups excluding carboxylic acids is 1. The van der Waals surface area contributed by atoms with E-state index in [1.54, 1.807) is 0 Å². The summed E-state index contributed by atoms with van der Waals surface area (Å²) in [5, 5.41) is 0. The van der Waals surface area contributed by atoms with Gasteiger partial charge in [-0.3, -0.25) is 4.79 Å². The molecule has 1 nitrogen and oxygen atoms in total. The van der Waals surface area contributed by atoms with Crippen LogP contribution in [0.4, 0.5) is 0 Å². The molecule has 1 unspecified atom stereocenters. The van der Waals surface area contributed by atoms with Crippen molar-refractivity contribution in [3.8, 4) is 12.3 Å². The SMILES string of the molecule is C#CC1CC(=O)CC[C@H]1C. The highest BCUT2D eigenvalue weighted by Gasteiger charge is 2.23. The van der Waals surface area contributed by atoms with Crippen molar-refractivity contribution >= 4 is 5.78 Å². The molecule has 0 aromatic heterocycles. The molecule has 0 spiro atoms. The van der Waals surface area contributed by atoms with E-state index in [4.69, 9.17) is 6.42 Å². The fourth-order valence-corrected chi connectivity index (χ4v) is 1.36. The first-order valence-corrected chi connectivity index (χ1v) is 3.72. The van der Waals surface area contributed by atoms with Gasteiger partial charge in [0.1, 0.15) is 5.78 Å². The molecule has 1 fully saturated rings. The van der Waals surface area contributed by atoms with Crippen molar-refractivity contribution in [1.82, 2.24) is 0 Å². The molecule has 1 saturated carbocycles. The summed E-state index contributed by atoms with van der Waals surface area (Å²) in [6.45, 7) is 2.12. The van der Waals surface area contributed by atoms with Crippen LogP contribution < -0.4 is 0 Å². The lowest BCUT2D eigenvalue weighted by Gasteiger charge is -2.22. The van der Waals surface area contributed by atoms with Crippen molar-refractivity contribution in [2.75, 3.05) is 0 Å². The maximum atomic E-state index is 10.9. The molecule has 0 radical (unpaired) electrons. The van der Waals surface area contributed by atoms with Gasteiger partial charge in [0.05, 0.1) is 0 Å². The van der Waals surface area contributed by atoms with Crippen LogP contribution in [0.15, 0.2) is 0 Å². The Hall–Kier alpha value is -0.770. The highest BCUT2D eigenvalue weighted by Crippen LogP contribution is 2.26. The van der Waals surface area contributed by atoms with E-state index < -0.39 is 0 Å². The molecule has 2 atom stereocenters. The Morgan fingerprint density at radius 2 is 2.40 bits per heavy atom. The minimum absolute atomic E-state index is 0.209. The first kappa shape index (κ1) is 7.34. The zero-order valence-corrected chi connectivity index (χ0v) is 6.26. The summed E-state index contributed by atoms with van der Waals surface area (Å²) in [5.74, 6) is 3.75. The van der Waals surface area contributed by atoms with Crippen molar-refractivity contribution in [3.05, 3.63) is 0 Å². The molecule has 1 aliphatic rings. The van der Waals surface area contributed by atoms with Crippen LogP contribution in [0.2, 0.25) is 0 Å². The standard InChI is InChI=1S/C9H12O/c1-3-8-6-9(10)5-4-7(8)2/h1,7-8H,4-6H2,2H3/t7-,8?/m1/s1. The molecule has 0 bridgehead atoms. The summed E-state index contributed by atoms with van der Waals surface area (Å²) in [7, 11) is 0. The molecule has 1 heteroatoms. The van der Waals surface area contributed by atoms with E-state index in [2.05, 4.69) is 12.8 Å². The maximum Gasteiger partial charge on any atom is 0.134 e. The Bertz CT molecular complexity index is 176. The number of terminal acetylenes is 1. The molecule has 0 aliphatic heterocycles. The molecule has 0 aromatic rings. The van der Waals surface area contributed by atoms with Crippen LogP contribution in [0, 0.1) is 24.2 Å². The molecule has 0 heterocycles. The largest absolute Gasteiger partial charge is 0.300 e. The van der Waals surface area contributed by atoms with Crippen molar-refractivity contribution in [2.45, 2.75) is 26.2 Å². The van der Waals surface area contributed by atoms with Crippen LogP contribution in [0.25, 0.3) is 0 Å². The number of rotatable bonds is 0. The lowest BCUT2D eigenvalue weighted by atomic mass is 9.80. The smallest absolute Gasteiger partial charge is 0.134 e. The third-order valence-electron chi connectivity index (χ3n) is 2.23. The summed E-state index contributed by atoms with van der Waals surface area (Å²) in [6.07, 6.45) is 7.58. The van der Waals surface area contributed by atoms with Gasteiger partial charge in [0.15, 0.2) is 0 Å².